The third kappa shape index (κ3) is 3.10. The average molecular weight is 231 g/mol. The predicted octanol–water partition coefficient (Wildman–Crippen LogP) is 0.612. The Kier molecular flexibility index (Phi) is 3.42. The van der Waals surface area contributed by atoms with E-state index in [0.29, 0.717) is 0 Å². The molecule has 16 heavy (non-hydrogen) atoms. The van der Waals surface area contributed by atoms with E-state index >= 15 is 0 Å². The molecule has 2 N–H and O–H groups in total. The fourth-order valence-electron chi connectivity index (χ4n) is 1.27. The van der Waals surface area contributed by atoms with Gasteiger partial charge in [0.2, 0.25) is 0 Å². The second-order valence-corrected chi connectivity index (χ2v) is 4.93. The van der Waals surface area contributed by atoms with Gasteiger partial charge in [0.1, 0.15) is 11.0 Å². The second-order valence-electron chi connectivity index (χ2n) is 4.93. The molecule has 1 saturated heterocycles. The number of nitrogens with one attached hydrogen (secondary N) is 1. The Balaban J connectivity index is 2.58. The minimum absolute atomic E-state index is 0.0250. The number of carboxylic acid groups (broad SMARTS) is 1. The minimum atomic E-state index is -1.16. The van der Waals surface area contributed by atoms with Gasteiger partial charge in [0, 0.05) is 6.54 Å². The molecule has 0 aromatic heterocycles. The number of ether oxygens (including phenoxy) is 2. The number of rotatable bonds is 3. The van der Waals surface area contributed by atoms with Crippen LogP contribution in [0.4, 0.5) is 4.79 Å². The summed E-state index contributed by atoms with van der Waals surface area (Å²) in [5, 5.41) is 10.7. The standard InChI is InChI=1S/C10H17NO5/c1-9(2,3)16-7(12)10(5-15-6-10)4-11-8(13)14/h11H,4-6H2,1-3H3,(H,13,14). The van der Waals surface area contributed by atoms with E-state index in [-0.39, 0.29) is 19.8 Å². The van der Waals surface area contributed by atoms with Crippen LogP contribution in [-0.4, -0.2) is 42.5 Å². The van der Waals surface area contributed by atoms with Gasteiger partial charge < -0.3 is 19.9 Å². The van der Waals surface area contributed by atoms with Crippen LogP contribution < -0.4 is 5.32 Å². The van der Waals surface area contributed by atoms with Crippen LogP contribution in [0.15, 0.2) is 0 Å². The molecule has 1 amide bonds. The maximum absolute atomic E-state index is 11.8. The van der Waals surface area contributed by atoms with Gasteiger partial charge >= 0.3 is 12.1 Å². The number of hydrogen-bond donors (Lipinski definition) is 2. The van der Waals surface area contributed by atoms with Crippen LogP contribution in [0, 0.1) is 5.41 Å². The summed E-state index contributed by atoms with van der Waals surface area (Å²) in [6.07, 6.45) is -1.16. The highest BCUT2D eigenvalue weighted by atomic mass is 16.6. The molecule has 0 aromatic rings. The molecule has 0 unspecified atom stereocenters. The topological polar surface area (TPSA) is 84.9 Å². The molecule has 1 aliphatic heterocycles. The average Bonchev–Trinajstić information content (AvgIpc) is 1.97. The molecule has 1 fully saturated rings. The monoisotopic (exact) mass is 231 g/mol. The first-order chi connectivity index (χ1) is 7.25. The summed E-state index contributed by atoms with van der Waals surface area (Å²) in [7, 11) is 0. The van der Waals surface area contributed by atoms with Crippen molar-refractivity contribution in [2.75, 3.05) is 19.8 Å². The molecule has 0 atom stereocenters. The van der Waals surface area contributed by atoms with Crippen molar-refractivity contribution < 1.29 is 24.2 Å². The summed E-state index contributed by atoms with van der Waals surface area (Å²) >= 11 is 0. The van der Waals surface area contributed by atoms with Crippen LogP contribution in [0.25, 0.3) is 0 Å². The summed E-state index contributed by atoms with van der Waals surface area (Å²) in [5.74, 6) is -0.417. The lowest BCUT2D eigenvalue weighted by atomic mass is 9.85. The van der Waals surface area contributed by atoms with Crippen LogP contribution in [-0.2, 0) is 14.3 Å². The van der Waals surface area contributed by atoms with Gasteiger partial charge in [-0.25, -0.2) is 4.79 Å². The molecule has 0 aromatic carbocycles. The zero-order chi connectivity index (χ0) is 12.4. The van der Waals surface area contributed by atoms with E-state index in [0.717, 1.165) is 0 Å². The van der Waals surface area contributed by atoms with E-state index in [2.05, 4.69) is 5.32 Å². The first-order valence-electron chi connectivity index (χ1n) is 5.03. The fraction of sp³-hybridized carbons (Fsp3) is 0.800. The Bertz CT molecular complexity index is 290. The second kappa shape index (κ2) is 4.29. The fourth-order valence-corrected chi connectivity index (χ4v) is 1.27. The highest BCUT2D eigenvalue weighted by Gasteiger charge is 2.48. The van der Waals surface area contributed by atoms with Crippen molar-refractivity contribution in [2.45, 2.75) is 26.4 Å². The van der Waals surface area contributed by atoms with Crippen molar-refractivity contribution in [1.82, 2.24) is 5.32 Å². The lowest BCUT2D eigenvalue weighted by molar-refractivity contribution is -0.195. The zero-order valence-corrected chi connectivity index (χ0v) is 9.70. The van der Waals surface area contributed by atoms with Gasteiger partial charge in [-0.2, -0.15) is 0 Å². The molecular weight excluding hydrogens is 214 g/mol. The molecule has 0 bridgehead atoms. The highest BCUT2D eigenvalue weighted by molar-refractivity contribution is 5.79. The van der Waals surface area contributed by atoms with Gasteiger partial charge in [-0.3, -0.25) is 4.79 Å². The van der Waals surface area contributed by atoms with E-state index in [1.54, 1.807) is 20.8 Å². The quantitative estimate of drug-likeness (QED) is 0.695. The van der Waals surface area contributed by atoms with Crippen LogP contribution in [0.1, 0.15) is 20.8 Å². The molecular formula is C10H17NO5. The van der Waals surface area contributed by atoms with E-state index in [4.69, 9.17) is 14.6 Å². The number of amides is 1. The first-order valence-corrected chi connectivity index (χ1v) is 5.03. The molecule has 6 nitrogen and oxygen atoms in total. The van der Waals surface area contributed by atoms with Gasteiger partial charge in [-0.15, -0.1) is 0 Å². The number of carbonyl (C=O) groups is 2. The summed E-state index contributed by atoms with van der Waals surface area (Å²) in [6.45, 7) is 5.72. The third-order valence-electron chi connectivity index (χ3n) is 2.17. The van der Waals surface area contributed by atoms with Crippen LogP contribution >= 0.6 is 0 Å². The zero-order valence-electron chi connectivity index (χ0n) is 9.70. The molecule has 1 heterocycles. The molecule has 0 aliphatic carbocycles. The van der Waals surface area contributed by atoms with Gasteiger partial charge in [0.15, 0.2) is 0 Å². The SMILES string of the molecule is CC(C)(C)OC(=O)C1(CNC(=O)O)COC1. The maximum Gasteiger partial charge on any atom is 0.404 e. The Morgan fingerprint density at radius 2 is 2.00 bits per heavy atom. The maximum atomic E-state index is 11.8. The molecule has 6 heteroatoms. The van der Waals surface area contributed by atoms with Crippen LogP contribution in [0.3, 0.4) is 0 Å². The Hall–Kier alpha value is -1.30. The summed E-state index contributed by atoms with van der Waals surface area (Å²) < 4.78 is 10.2. The molecule has 1 aliphatic rings. The Labute approximate surface area is 93.9 Å². The largest absolute Gasteiger partial charge is 0.465 e. The molecule has 92 valence electrons. The van der Waals surface area contributed by atoms with Gasteiger partial charge in [0.25, 0.3) is 0 Å². The van der Waals surface area contributed by atoms with Crippen molar-refractivity contribution >= 4 is 12.1 Å². The van der Waals surface area contributed by atoms with E-state index < -0.39 is 23.1 Å². The normalized spacial score (nSPS) is 18.4. The number of hydrogen-bond acceptors (Lipinski definition) is 4. The summed E-state index contributed by atoms with van der Waals surface area (Å²) in [6, 6.07) is 0. The van der Waals surface area contributed by atoms with Gasteiger partial charge in [0.05, 0.1) is 13.2 Å². The van der Waals surface area contributed by atoms with Crippen LogP contribution in [0.5, 0.6) is 0 Å². The highest BCUT2D eigenvalue weighted by Crippen LogP contribution is 2.30. The molecule has 0 spiro atoms. The lowest BCUT2D eigenvalue weighted by Crippen LogP contribution is -2.57. The lowest BCUT2D eigenvalue weighted by Gasteiger charge is -2.40. The molecule has 0 radical (unpaired) electrons. The van der Waals surface area contributed by atoms with Gasteiger partial charge in [-0.1, -0.05) is 0 Å². The first kappa shape index (κ1) is 12.8. The number of carbonyl (C=O) groups excluding carboxylic acids is 1. The van der Waals surface area contributed by atoms with Crippen molar-refractivity contribution in [3.63, 3.8) is 0 Å². The smallest absolute Gasteiger partial charge is 0.404 e. The van der Waals surface area contributed by atoms with E-state index in [9.17, 15) is 9.59 Å². The third-order valence-corrected chi connectivity index (χ3v) is 2.17. The van der Waals surface area contributed by atoms with Crippen LogP contribution in [0.2, 0.25) is 0 Å². The Morgan fingerprint density at radius 3 is 2.31 bits per heavy atom. The Morgan fingerprint density at radius 1 is 1.44 bits per heavy atom. The molecule has 1 rings (SSSR count). The van der Waals surface area contributed by atoms with E-state index in [1.165, 1.54) is 0 Å². The minimum Gasteiger partial charge on any atom is -0.465 e. The van der Waals surface area contributed by atoms with Crippen molar-refractivity contribution in [1.29, 1.82) is 0 Å². The van der Waals surface area contributed by atoms with E-state index in [1.807, 2.05) is 0 Å². The summed E-state index contributed by atoms with van der Waals surface area (Å²) in [5.41, 5.74) is -1.44. The van der Waals surface area contributed by atoms with Crippen molar-refractivity contribution in [2.24, 2.45) is 5.41 Å². The van der Waals surface area contributed by atoms with Crippen molar-refractivity contribution in [3.05, 3.63) is 0 Å². The number of esters is 1. The predicted molar refractivity (Wildman–Crippen MR) is 55.1 cm³/mol. The summed E-state index contributed by atoms with van der Waals surface area (Å²) in [4.78, 5) is 22.2. The molecule has 0 saturated carbocycles. The van der Waals surface area contributed by atoms with Crippen molar-refractivity contribution in [3.8, 4) is 0 Å². The van der Waals surface area contributed by atoms with Gasteiger partial charge in [-0.05, 0) is 20.8 Å².